The third kappa shape index (κ3) is 3.86. The van der Waals surface area contributed by atoms with E-state index in [-0.39, 0.29) is 18.4 Å². The van der Waals surface area contributed by atoms with Gasteiger partial charge in [0.25, 0.3) is 5.91 Å². The third-order valence-corrected chi connectivity index (χ3v) is 4.39. The quantitative estimate of drug-likeness (QED) is 0.658. The molecule has 4 N–H and O–H groups in total. The Morgan fingerprint density at radius 1 is 1.24 bits per heavy atom. The summed E-state index contributed by atoms with van der Waals surface area (Å²) < 4.78 is 0. The summed E-state index contributed by atoms with van der Waals surface area (Å²) in [5.74, 6) is -0.102. The molecule has 0 aromatic heterocycles. The molecular weight excluding hydrogens is 316 g/mol. The first kappa shape index (κ1) is 17.1. The molecule has 1 heterocycles. The molecule has 1 saturated heterocycles. The molecule has 2 aromatic rings. The van der Waals surface area contributed by atoms with Gasteiger partial charge in [0.2, 0.25) is 0 Å². The van der Waals surface area contributed by atoms with Crippen molar-refractivity contribution in [2.24, 2.45) is 0 Å². The second kappa shape index (κ2) is 7.90. The van der Waals surface area contributed by atoms with Crippen molar-refractivity contribution in [3.05, 3.63) is 70.8 Å². The van der Waals surface area contributed by atoms with Crippen LogP contribution in [0.25, 0.3) is 0 Å². The molecule has 128 valence electrons. The maximum absolute atomic E-state index is 12.5. The standard InChI is InChI=1S/C19H20N4O2/c20-9-15-8-14(6-7-17(15)16-10-21-22-11-16)19(25)23-18(12-24)13-4-2-1-3-5-13/h1-8,16,18,21-22,24H,10-12H2,(H,23,25)/t18-/m1/s1. The fourth-order valence-electron chi connectivity index (χ4n) is 2.99. The van der Waals surface area contributed by atoms with Crippen molar-refractivity contribution in [2.45, 2.75) is 12.0 Å². The van der Waals surface area contributed by atoms with E-state index >= 15 is 0 Å². The molecule has 0 radical (unpaired) electrons. The summed E-state index contributed by atoms with van der Waals surface area (Å²) in [6.07, 6.45) is 0. The topological polar surface area (TPSA) is 97.2 Å². The smallest absolute Gasteiger partial charge is 0.251 e. The molecule has 0 unspecified atom stereocenters. The number of hydrazine groups is 1. The zero-order chi connectivity index (χ0) is 17.6. The van der Waals surface area contributed by atoms with Crippen LogP contribution >= 0.6 is 0 Å². The summed E-state index contributed by atoms with van der Waals surface area (Å²) in [5.41, 5.74) is 8.76. The molecule has 0 bridgehead atoms. The van der Waals surface area contributed by atoms with Crippen LogP contribution in [0.3, 0.4) is 0 Å². The molecule has 0 aliphatic carbocycles. The normalized spacial score (nSPS) is 15.5. The van der Waals surface area contributed by atoms with Gasteiger partial charge in [-0.15, -0.1) is 0 Å². The predicted octanol–water partition coefficient (Wildman–Crippen LogP) is 1.21. The minimum atomic E-state index is -0.484. The number of carbonyl (C=O) groups is 1. The molecule has 0 saturated carbocycles. The Kier molecular flexibility index (Phi) is 5.41. The Balaban J connectivity index is 1.79. The van der Waals surface area contributed by atoms with Crippen LogP contribution in [-0.2, 0) is 0 Å². The molecule has 6 nitrogen and oxygen atoms in total. The summed E-state index contributed by atoms with van der Waals surface area (Å²) in [5, 5.41) is 21.8. The number of benzene rings is 2. The van der Waals surface area contributed by atoms with Gasteiger partial charge in [0.05, 0.1) is 24.3 Å². The van der Waals surface area contributed by atoms with E-state index in [0.717, 1.165) is 24.2 Å². The van der Waals surface area contributed by atoms with Gasteiger partial charge in [0.1, 0.15) is 0 Å². The van der Waals surface area contributed by atoms with Crippen LogP contribution in [0.5, 0.6) is 0 Å². The Hall–Kier alpha value is -2.72. The number of amides is 1. The van der Waals surface area contributed by atoms with E-state index in [0.29, 0.717) is 11.1 Å². The summed E-state index contributed by atoms with van der Waals surface area (Å²) >= 11 is 0. The van der Waals surface area contributed by atoms with Gasteiger partial charge >= 0.3 is 0 Å². The highest BCUT2D eigenvalue weighted by Gasteiger charge is 2.21. The maximum atomic E-state index is 12.5. The Labute approximate surface area is 146 Å². The lowest BCUT2D eigenvalue weighted by atomic mass is 9.93. The van der Waals surface area contributed by atoms with Crippen molar-refractivity contribution < 1.29 is 9.90 Å². The Bertz CT molecular complexity index is 780. The lowest BCUT2D eigenvalue weighted by molar-refractivity contribution is 0.0916. The zero-order valence-corrected chi connectivity index (χ0v) is 13.7. The van der Waals surface area contributed by atoms with Crippen LogP contribution in [0.4, 0.5) is 0 Å². The van der Waals surface area contributed by atoms with Crippen molar-refractivity contribution in [3.63, 3.8) is 0 Å². The number of hydrogen-bond donors (Lipinski definition) is 4. The summed E-state index contributed by atoms with van der Waals surface area (Å²) in [4.78, 5) is 12.5. The maximum Gasteiger partial charge on any atom is 0.251 e. The first-order chi connectivity index (χ1) is 12.2. The van der Waals surface area contributed by atoms with Crippen LogP contribution < -0.4 is 16.2 Å². The van der Waals surface area contributed by atoms with Crippen molar-refractivity contribution in [2.75, 3.05) is 19.7 Å². The average molecular weight is 336 g/mol. The Morgan fingerprint density at radius 2 is 1.96 bits per heavy atom. The fourth-order valence-corrected chi connectivity index (χ4v) is 2.99. The van der Waals surface area contributed by atoms with Gasteiger partial charge in [-0.1, -0.05) is 36.4 Å². The Morgan fingerprint density at radius 3 is 2.60 bits per heavy atom. The highest BCUT2D eigenvalue weighted by atomic mass is 16.3. The van der Waals surface area contributed by atoms with E-state index in [1.165, 1.54) is 0 Å². The van der Waals surface area contributed by atoms with Crippen LogP contribution in [0.2, 0.25) is 0 Å². The van der Waals surface area contributed by atoms with Crippen molar-refractivity contribution >= 4 is 5.91 Å². The highest BCUT2D eigenvalue weighted by molar-refractivity contribution is 5.95. The first-order valence-electron chi connectivity index (χ1n) is 8.19. The van der Waals surface area contributed by atoms with Crippen LogP contribution in [0.15, 0.2) is 48.5 Å². The largest absolute Gasteiger partial charge is 0.394 e. The molecule has 6 heteroatoms. The van der Waals surface area contributed by atoms with Crippen molar-refractivity contribution in [3.8, 4) is 6.07 Å². The second-order valence-corrected chi connectivity index (χ2v) is 5.99. The predicted molar refractivity (Wildman–Crippen MR) is 93.6 cm³/mol. The number of hydrogen-bond acceptors (Lipinski definition) is 5. The van der Waals surface area contributed by atoms with E-state index in [4.69, 9.17) is 0 Å². The van der Waals surface area contributed by atoms with Gasteiger partial charge in [-0.25, -0.2) is 0 Å². The molecule has 1 aliphatic rings. The molecule has 1 amide bonds. The van der Waals surface area contributed by atoms with Crippen molar-refractivity contribution in [1.29, 1.82) is 5.26 Å². The first-order valence-corrected chi connectivity index (χ1v) is 8.19. The number of nitrogens with zero attached hydrogens (tertiary/aromatic N) is 1. The molecular formula is C19H20N4O2. The van der Waals surface area contributed by atoms with Crippen LogP contribution in [0.1, 0.15) is 39.0 Å². The lowest BCUT2D eigenvalue weighted by Gasteiger charge is -2.17. The highest BCUT2D eigenvalue weighted by Crippen LogP contribution is 2.22. The molecule has 2 aromatic carbocycles. The zero-order valence-electron chi connectivity index (χ0n) is 13.7. The van der Waals surface area contributed by atoms with Crippen LogP contribution in [0, 0.1) is 11.3 Å². The molecule has 1 fully saturated rings. The summed E-state index contributed by atoms with van der Waals surface area (Å²) in [6.45, 7) is 1.31. The van der Waals surface area contributed by atoms with E-state index in [2.05, 4.69) is 22.2 Å². The molecule has 0 spiro atoms. The molecule has 1 atom stereocenters. The van der Waals surface area contributed by atoms with Gasteiger partial charge in [-0.05, 0) is 23.3 Å². The van der Waals surface area contributed by atoms with Gasteiger partial charge in [-0.3, -0.25) is 15.6 Å². The number of aliphatic hydroxyl groups excluding tert-OH is 1. The monoisotopic (exact) mass is 336 g/mol. The minimum absolute atomic E-state index is 0.196. The van der Waals surface area contributed by atoms with Crippen molar-refractivity contribution in [1.82, 2.24) is 16.2 Å². The van der Waals surface area contributed by atoms with Gasteiger partial charge < -0.3 is 10.4 Å². The van der Waals surface area contributed by atoms with Gasteiger partial charge in [0.15, 0.2) is 0 Å². The molecule has 1 aliphatic heterocycles. The van der Waals surface area contributed by atoms with E-state index in [1.807, 2.05) is 36.4 Å². The number of nitrogens with one attached hydrogen (secondary N) is 3. The number of aliphatic hydroxyl groups is 1. The SMILES string of the molecule is N#Cc1cc(C(=O)N[C@H](CO)c2ccccc2)ccc1C1CNNC1. The molecule has 25 heavy (non-hydrogen) atoms. The third-order valence-electron chi connectivity index (χ3n) is 4.39. The molecule has 3 rings (SSSR count). The van der Waals surface area contributed by atoms with E-state index in [1.54, 1.807) is 12.1 Å². The average Bonchev–Trinajstić information content (AvgIpc) is 3.20. The summed E-state index contributed by atoms with van der Waals surface area (Å²) in [6, 6.07) is 16.2. The number of nitriles is 1. The van der Waals surface area contributed by atoms with Crippen LogP contribution in [-0.4, -0.2) is 30.7 Å². The second-order valence-electron chi connectivity index (χ2n) is 5.99. The minimum Gasteiger partial charge on any atom is -0.394 e. The summed E-state index contributed by atoms with van der Waals surface area (Å²) in [7, 11) is 0. The van der Waals surface area contributed by atoms with E-state index < -0.39 is 6.04 Å². The fraction of sp³-hybridized carbons (Fsp3) is 0.263. The van der Waals surface area contributed by atoms with Gasteiger partial charge in [0, 0.05) is 24.6 Å². The van der Waals surface area contributed by atoms with Gasteiger partial charge in [-0.2, -0.15) is 5.26 Å². The van der Waals surface area contributed by atoms with E-state index in [9.17, 15) is 15.2 Å². The number of rotatable bonds is 5. The lowest BCUT2D eigenvalue weighted by Crippen LogP contribution is -2.30. The number of carbonyl (C=O) groups excluding carboxylic acids is 1.